The molecule has 1 amide bonds. The Balaban J connectivity index is 1.76. The van der Waals surface area contributed by atoms with Crippen molar-refractivity contribution in [2.24, 2.45) is 5.41 Å². The molecule has 0 radical (unpaired) electrons. The average Bonchev–Trinajstić information content (AvgIpc) is 2.81. The number of carbonyl (C=O) groups excluding carboxylic acids is 1. The molecule has 0 aromatic carbocycles. The lowest BCUT2D eigenvalue weighted by Crippen LogP contribution is -2.38. The molecule has 2 rings (SSSR count). The van der Waals surface area contributed by atoms with E-state index in [1.165, 1.54) is 0 Å². The van der Waals surface area contributed by atoms with Gasteiger partial charge in [0.1, 0.15) is 6.10 Å². The van der Waals surface area contributed by atoms with Crippen LogP contribution in [0.25, 0.3) is 0 Å². The van der Waals surface area contributed by atoms with Crippen LogP contribution < -0.4 is 5.32 Å². The molecule has 16 heavy (non-hydrogen) atoms. The summed E-state index contributed by atoms with van der Waals surface area (Å²) in [6.45, 7) is 2.80. The van der Waals surface area contributed by atoms with Crippen LogP contribution in [0, 0.1) is 5.41 Å². The van der Waals surface area contributed by atoms with E-state index in [1.807, 2.05) is 0 Å². The molecule has 0 unspecified atom stereocenters. The van der Waals surface area contributed by atoms with Gasteiger partial charge in [-0.1, -0.05) is 6.92 Å². The van der Waals surface area contributed by atoms with Gasteiger partial charge in [0, 0.05) is 6.54 Å². The first kappa shape index (κ1) is 11.4. The number of rotatable bonds is 4. The SMILES string of the molecule is CC1(CNC(=O)[C@@H]2CC[C@H](C(=O)O)O2)CC1. The Morgan fingerprint density at radius 1 is 1.38 bits per heavy atom. The van der Waals surface area contributed by atoms with E-state index in [0.717, 1.165) is 12.8 Å². The summed E-state index contributed by atoms with van der Waals surface area (Å²) in [6, 6.07) is 0. The number of hydrogen-bond acceptors (Lipinski definition) is 3. The number of hydrogen-bond donors (Lipinski definition) is 2. The van der Waals surface area contributed by atoms with Crippen molar-refractivity contribution >= 4 is 11.9 Å². The molecule has 1 saturated carbocycles. The van der Waals surface area contributed by atoms with Crippen molar-refractivity contribution in [2.75, 3.05) is 6.54 Å². The van der Waals surface area contributed by atoms with Crippen molar-refractivity contribution < 1.29 is 19.4 Å². The molecule has 1 aliphatic carbocycles. The highest BCUT2D eigenvalue weighted by molar-refractivity contribution is 5.82. The molecule has 1 saturated heterocycles. The van der Waals surface area contributed by atoms with Gasteiger partial charge >= 0.3 is 5.97 Å². The maximum Gasteiger partial charge on any atom is 0.332 e. The molecule has 1 aliphatic heterocycles. The highest BCUT2D eigenvalue weighted by atomic mass is 16.5. The van der Waals surface area contributed by atoms with E-state index in [-0.39, 0.29) is 11.3 Å². The van der Waals surface area contributed by atoms with Gasteiger partial charge in [-0.3, -0.25) is 4.79 Å². The van der Waals surface area contributed by atoms with Crippen molar-refractivity contribution in [1.82, 2.24) is 5.32 Å². The first-order chi connectivity index (χ1) is 7.50. The highest BCUT2D eigenvalue weighted by Crippen LogP contribution is 2.44. The van der Waals surface area contributed by atoms with Crippen LogP contribution in [0.4, 0.5) is 0 Å². The van der Waals surface area contributed by atoms with Gasteiger partial charge in [0.25, 0.3) is 0 Å². The number of carboxylic acid groups (broad SMARTS) is 1. The molecule has 5 heteroatoms. The van der Waals surface area contributed by atoms with Gasteiger partial charge in [-0.25, -0.2) is 4.79 Å². The fourth-order valence-corrected chi connectivity index (χ4v) is 1.82. The van der Waals surface area contributed by atoms with Gasteiger partial charge in [-0.2, -0.15) is 0 Å². The van der Waals surface area contributed by atoms with Crippen LogP contribution in [0.2, 0.25) is 0 Å². The summed E-state index contributed by atoms with van der Waals surface area (Å²) in [5.74, 6) is -1.15. The third-order valence-corrected chi connectivity index (χ3v) is 3.38. The molecule has 2 atom stereocenters. The monoisotopic (exact) mass is 227 g/mol. The van der Waals surface area contributed by atoms with Gasteiger partial charge < -0.3 is 15.2 Å². The lowest BCUT2D eigenvalue weighted by atomic mass is 10.1. The fourth-order valence-electron chi connectivity index (χ4n) is 1.82. The van der Waals surface area contributed by atoms with Gasteiger partial charge in [0.15, 0.2) is 6.10 Å². The number of amides is 1. The van der Waals surface area contributed by atoms with E-state index in [1.54, 1.807) is 0 Å². The number of nitrogens with one attached hydrogen (secondary N) is 1. The summed E-state index contributed by atoms with van der Waals surface area (Å²) in [5, 5.41) is 11.6. The van der Waals surface area contributed by atoms with Gasteiger partial charge in [0.2, 0.25) is 5.91 Å². The zero-order valence-corrected chi connectivity index (χ0v) is 9.36. The molecule has 2 N–H and O–H groups in total. The van der Waals surface area contributed by atoms with E-state index in [4.69, 9.17) is 9.84 Å². The number of carbonyl (C=O) groups is 2. The predicted octanol–water partition coefficient (Wildman–Crippen LogP) is 0.535. The van der Waals surface area contributed by atoms with E-state index in [2.05, 4.69) is 12.2 Å². The molecule has 0 aromatic heterocycles. The third-order valence-electron chi connectivity index (χ3n) is 3.38. The van der Waals surface area contributed by atoms with Crippen LogP contribution in [-0.2, 0) is 14.3 Å². The first-order valence-electron chi connectivity index (χ1n) is 5.66. The third kappa shape index (κ3) is 2.52. The second kappa shape index (κ2) is 4.05. The van der Waals surface area contributed by atoms with Crippen LogP contribution in [0.1, 0.15) is 32.6 Å². The highest BCUT2D eigenvalue weighted by Gasteiger charge is 2.39. The van der Waals surface area contributed by atoms with Crippen LogP contribution >= 0.6 is 0 Å². The minimum Gasteiger partial charge on any atom is -0.479 e. The fraction of sp³-hybridized carbons (Fsp3) is 0.818. The number of aliphatic carboxylic acids is 1. The van der Waals surface area contributed by atoms with Gasteiger partial charge in [-0.05, 0) is 31.1 Å². The molecule has 2 fully saturated rings. The molecule has 0 spiro atoms. The van der Waals surface area contributed by atoms with Crippen LogP contribution in [-0.4, -0.2) is 35.7 Å². The molecule has 0 bridgehead atoms. The van der Waals surface area contributed by atoms with Gasteiger partial charge in [-0.15, -0.1) is 0 Å². The zero-order valence-electron chi connectivity index (χ0n) is 9.36. The Morgan fingerprint density at radius 2 is 2.00 bits per heavy atom. The van der Waals surface area contributed by atoms with Crippen molar-refractivity contribution in [3.05, 3.63) is 0 Å². The predicted molar refractivity (Wildman–Crippen MR) is 55.9 cm³/mol. The smallest absolute Gasteiger partial charge is 0.332 e. The van der Waals surface area contributed by atoms with Crippen molar-refractivity contribution in [2.45, 2.75) is 44.8 Å². The van der Waals surface area contributed by atoms with E-state index >= 15 is 0 Å². The number of carboxylic acids is 1. The van der Waals surface area contributed by atoms with Crippen LogP contribution in [0.3, 0.4) is 0 Å². The Kier molecular flexibility index (Phi) is 2.88. The van der Waals surface area contributed by atoms with Crippen molar-refractivity contribution in [1.29, 1.82) is 0 Å². The molecule has 5 nitrogen and oxygen atoms in total. The molecule has 0 aromatic rings. The van der Waals surface area contributed by atoms with Crippen LogP contribution in [0.15, 0.2) is 0 Å². The van der Waals surface area contributed by atoms with E-state index in [0.29, 0.717) is 19.4 Å². The lowest BCUT2D eigenvalue weighted by Gasteiger charge is -2.14. The van der Waals surface area contributed by atoms with Gasteiger partial charge in [0.05, 0.1) is 0 Å². The quantitative estimate of drug-likeness (QED) is 0.734. The first-order valence-corrected chi connectivity index (χ1v) is 5.66. The Bertz CT molecular complexity index is 311. The van der Waals surface area contributed by atoms with Crippen molar-refractivity contribution in [3.8, 4) is 0 Å². The average molecular weight is 227 g/mol. The Hall–Kier alpha value is -1.10. The molecular formula is C11H17NO4. The Morgan fingerprint density at radius 3 is 2.50 bits per heavy atom. The maximum absolute atomic E-state index is 11.7. The zero-order chi connectivity index (χ0) is 11.8. The summed E-state index contributed by atoms with van der Waals surface area (Å²) in [7, 11) is 0. The molecular weight excluding hydrogens is 210 g/mol. The standard InChI is InChI=1S/C11H17NO4/c1-11(4-5-11)6-12-9(13)7-2-3-8(16-7)10(14)15/h7-8H,2-6H2,1H3,(H,12,13)(H,14,15)/t7-,8+/m0/s1. The number of ether oxygens (including phenoxy) is 1. The normalized spacial score (nSPS) is 31.1. The molecule has 90 valence electrons. The van der Waals surface area contributed by atoms with E-state index < -0.39 is 18.2 Å². The second-order valence-corrected chi connectivity index (χ2v) is 5.06. The summed E-state index contributed by atoms with van der Waals surface area (Å²) in [5.41, 5.74) is 0.264. The minimum absolute atomic E-state index is 0.170. The summed E-state index contributed by atoms with van der Waals surface area (Å²) >= 11 is 0. The van der Waals surface area contributed by atoms with E-state index in [9.17, 15) is 9.59 Å². The minimum atomic E-state index is -0.982. The Labute approximate surface area is 94.2 Å². The molecule has 2 aliphatic rings. The topological polar surface area (TPSA) is 75.6 Å². The lowest BCUT2D eigenvalue weighted by molar-refractivity contribution is -0.151. The maximum atomic E-state index is 11.7. The summed E-state index contributed by atoms with van der Waals surface area (Å²) in [4.78, 5) is 22.3. The largest absolute Gasteiger partial charge is 0.479 e. The van der Waals surface area contributed by atoms with Crippen LogP contribution in [0.5, 0.6) is 0 Å². The van der Waals surface area contributed by atoms with Crippen molar-refractivity contribution in [3.63, 3.8) is 0 Å². The summed E-state index contributed by atoms with van der Waals surface area (Å²) in [6.07, 6.45) is 1.83. The second-order valence-electron chi connectivity index (χ2n) is 5.06. The molecule has 1 heterocycles. The summed E-state index contributed by atoms with van der Waals surface area (Å²) < 4.78 is 5.16.